The average Bonchev–Trinajstić information content (AvgIpc) is 2.17. The molecule has 0 spiro atoms. The molecule has 0 aliphatic rings. The first-order chi connectivity index (χ1) is 7.13. The van der Waals surface area contributed by atoms with Crippen LogP contribution in [0.2, 0.25) is 0 Å². The van der Waals surface area contributed by atoms with E-state index in [1.807, 2.05) is 24.3 Å². The van der Waals surface area contributed by atoms with Crippen LogP contribution in [0.4, 0.5) is 5.69 Å². The van der Waals surface area contributed by atoms with Crippen molar-refractivity contribution in [3.63, 3.8) is 0 Å². The topological polar surface area (TPSA) is 87.9 Å². The second-order valence-electron chi connectivity index (χ2n) is 3.57. The lowest BCUT2D eigenvalue weighted by molar-refractivity contribution is 0.577. The second-order valence-corrected chi connectivity index (χ2v) is 3.57. The molecule has 1 unspecified atom stereocenters. The smallest absolute Gasteiger partial charge is 0.186 e. The lowest BCUT2D eigenvalue weighted by Gasteiger charge is -2.18. The van der Waals surface area contributed by atoms with Crippen molar-refractivity contribution in [2.45, 2.75) is 25.8 Å². The Labute approximate surface area is 90.2 Å². The number of guanidine groups is 1. The van der Waals surface area contributed by atoms with Crippen molar-refractivity contribution in [2.75, 3.05) is 5.73 Å². The van der Waals surface area contributed by atoms with Gasteiger partial charge in [0.05, 0.1) is 6.04 Å². The second kappa shape index (κ2) is 5.24. The van der Waals surface area contributed by atoms with Crippen LogP contribution in [0.25, 0.3) is 0 Å². The van der Waals surface area contributed by atoms with Crippen LogP contribution >= 0.6 is 0 Å². The number of hydrogen-bond donors (Lipinski definition) is 4. The Hall–Kier alpha value is -1.71. The molecule has 0 heterocycles. The Morgan fingerprint density at radius 2 is 2.00 bits per heavy atom. The van der Waals surface area contributed by atoms with Crippen LogP contribution in [0.5, 0.6) is 0 Å². The van der Waals surface area contributed by atoms with E-state index in [4.69, 9.17) is 16.9 Å². The first kappa shape index (κ1) is 11.4. The summed E-state index contributed by atoms with van der Waals surface area (Å²) in [6.07, 6.45) is 1.98. The molecule has 1 aromatic rings. The molecule has 1 rings (SSSR count). The third-order valence-corrected chi connectivity index (χ3v) is 2.25. The van der Waals surface area contributed by atoms with Gasteiger partial charge in [0.2, 0.25) is 0 Å². The zero-order valence-corrected chi connectivity index (χ0v) is 8.96. The third kappa shape index (κ3) is 3.50. The summed E-state index contributed by atoms with van der Waals surface area (Å²) in [5.41, 5.74) is 12.8. The summed E-state index contributed by atoms with van der Waals surface area (Å²) < 4.78 is 0. The minimum Gasteiger partial charge on any atom is -0.399 e. The van der Waals surface area contributed by atoms with E-state index in [0.29, 0.717) is 0 Å². The highest BCUT2D eigenvalue weighted by atomic mass is 15.1. The predicted molar refractivity (Wildman–Crippen MR) is 63.6 cm³/mol. The summed E-state index contributed by atoms with van der Waals surface area (Å²) in [5, 5.41) is 10.2. The molecule has 0 aromatic heterocycles. The molecule has 15 heavy (non-hydrogen) atoms. The third-order valence-electron chi connectivity index (χ3n) is 2.25. The van der Waals surface area contributed by atoms with E-state index >= 15 is 0 Å². The van der Waals surface area contributed by atoms with Gasteiger partial charge in [0.1, 0.15) is 0 Å². The summed E-state index contributed by atoms with van der Waals surface area (Å²) in [6.45, 7) is 2.10. The van der Waals surface area contributed by atoms with Gasteiger partial charge in [-0.25, -0.2) is 0 Å². The summed E-state index contributed by atoms with van der Waals surface area (Å²) in [4.78, 5) is 0. The van der Waals surface area contributed by atoms with Gasteiger partial charge in [0.15, 0.2) is 5.96 Å². The van der Waals surface area contributed by atoms with Crippen LogP contribution in [0.15, 0.2) is 24.3 Å². The van der Waals surface area contributed by atoms with Gasteiger partial charge >= 0.3 is 0 Å². The van der Waals surface area contributed by atoms with Crippen LogP contribution in [0.1, 0.15) is 31.4 Å². The Balaban J connectivity index is 2.78. The Morgan fingerprint density at radius 3 is 2.47 bits per heavy atom. The zero-order chi connectivity index (χ0) is 11.3. The monoisotopic (exact) mass is 206 g/mol. The molecule has 0 amide bonds. The molecule has 0 saturated heterocycles. The Morgan fingerprint density at radius 1 is 1.40 bits per heavy atom. The summed E-state index contributed by atoms with van der Waals surface area (Å²) in [5.74, 6) is 0.00488. The number of rotatable bonds is 4. The van der Waals surface area contributed by atoms with Gasteiger partial charge in [-0.2, -0.15) is 0 Å². The van der Waals surface area contributed by atoms with Gasteiger partial charge in [-0.05, 0) is 24.1 Å². The molecule has 0 saturated carbocycles. The maximum atomic E-state index is 7.24. The molecular weight excluding hydrogens is 188 g/mol. The SMILES string of the molecule is CCCC(NC(=N)N)c1ccc(N)cc1. The fourth-order valence-corrected chi connectivity index (χ4v) is 1.53. The maximum absolute atomic E-state index is 7.24. The minimum absolute atomic E-state index is 0.00488. The van der Waals surface area contributed by atoms with Crippen LogP contribution < -0.4 is 16.8 Å². The summed E-state index contributed by atoms with van der Waals surface area (Å²) >= 11 is 0. The fraction of sp³-hybridized carbons (Fsp3) is 0.364. The average molecular weight is 206 g/mol. The van der Waals surface area contributed by atoms with Crippen molar-refractivity contribution in [3.8, 4) is 0 Å². The quantitative estimate of drug-likeness (QED) is 0.343. The normalized spacial score (nSPS) is 12.1. The number of nitrogens with two attached hydrogens (primary N) is 2. The number of hydrogen-bond acceptors (Lipinski definition) is 2. The molecule has 82 valence electrons. The molecule has 0 aliphatic heterocycles. The van der Waals surface area contributed by atoms with E-state index in [-0.39, 0.29) is 12.0 Å². The van der Waals surface area contributed by atoms with Crippen LogP contribution in [0.3, 0.4) is 0 Å². The fourth-order valence-electron chi connectivity index (χ4n) is 1.53. The van der Waals surface area contributed by atoms with Crippen LogP contribution in [-0.4, -0.2) is 5.96 Å². The van der Waals surface area contributed by atoms with Gasteiger partial charge in [0.25, 0.3) is 0 Å². The van der Waals surface area contributed by atoms with Gasteiger partial charge in [-0.15, -0.1) is 0 Å². The molecule has 4 nitrogen and oxygen atoms in total. The van der Waals surface area contributed by atoms with Gasteiger partial charge < -0.3 is 16.8 Å². The lowest BCUT2D eigenvalue weighted by Crippen LogP contribution is -2.33. The van der Waals surface area contributed by atoms with E-state index in [2.05, 4.69) is 12.2 Å². The molecule has 0 radical (unpaired) electrons. The summed E-state index contributed by atoms with van der Waals surface area (Å²) in [6, 6.07) is 7.75. The molecule has 0 fully saturated rings. The van der Waals surface area contributed by atoms with Gasteiger partial charge in [-0.3, -0.25) is 5.41 Å². The van der Waals surface area contributed by atoms with E-state index in [1.165, 1.54) is 0 Å². The minimum atomic E-state index is 0.00488. The van der Waals surface area contributed by atoms with Crippen molar-refractivity contribution >= 4 is 11.6 Å². The highest BCUT2D eigenvalue weighted by Gasteiger charge is 2.09. The lowest BCUT2D eigenvalue weighted by atomic mass is 10.0. The van der Waals surface area contributed by atoms with E-state index in [1.54, 1.807) is 0 Å². The molecular formula is C11H18N4. The predicted octanol–water partition coefficient (Wildman–Crippen LogP) is 1.59. The Kier molecular flexibility index (Phi) is 3.97. The number of anilines is 1. The van der Waals surface area contributed by atoms with Crippen molar-refractivity contribution in [3.05, 3.63) is 29.8 Å². The Bertz CT molecular complexity index is 318. The zero-order valence-electron chi connectivity index (χ0n) is 8.96. The molecule has 4 heteroatoms. The molecule has 0 bridgehead atoms. The highest BCUT2D eigenvalue weighted by molar-refractivity contribution is 5.74. The molecule has 1 aromatic carbocycles. The van der Waals surface area contributed by atoms with E-state index in [0.717, 1.165) is 24.1 Å². The molecule has 1 atom stereocenters. The number of nitrogen functional groups attached to an aromatic ring is 1. The van der Waals surface area contributed by atoms with Gasteiger partial charge in [0, 0.05) is 5.69 Å². The van der Waals surface area contributed by atoms with Crippen LogP contribution in [0, 0.1) is 5.41 Å². The molecule has 0 aliphatic carbocycles. The van der Waals surface area contributed by atoms with Crippen molar-refractivity contribution < 1.29 is 0 Å². The standard InChI is InChI=1S/C11H18N4/c1-2-3-10(15-11(13)14)8-4-6-9(12)7-5-8/h4-7,10H,2-3,12H2,1H3,(H4,13,14,15). The van der Waals surface area contributed by atoms with E-state index in [9.17, 15) is 0 Å². The number of benzene rings is 1. The number of nitrogens with one attached hydrogen (secondary N) is 2. The van der Waals surface area contributed by atoms with Crippen molar-refractivity contribution in [2.24, 2.45) is 5.73 Å². The van der Waals surface area contributed by atoms with E-state index < -0.39 is 0 Å². The first-order valence-corrected chi connectivity index (χ1v) is 5.09. The largest absolute Gasteiger partial charge is 0.399 e. The van der Waals surface area contributed by atoms with Crippen molar-refractivity contribution in [1.82, 2.24) is 5.32 Å². The van der Waals surface area contributed by atoms with Gasteiger partial charge in [-0.1, -0.05) is 25.5 Å². The maximum Gasteiger partial charge on any atom is 0.186 e. The summed E-state index contributed by atoms with van der Waals surface area (Å²) in [7, 11) is 0. The highest BCUT2D eigenvalue weighted by Crippen LogP contribution is 2.19. The van der Waals surface area contributed by atoms with Crippen LogP contribution in [-0.2, 0) is 0 Å². The van der Waals surface area contributed by atoms with Crippen molar-refractivity contribution in [1.29, 1.82) is 5.41 Å². The first-order valence-electron chi connectivity index (χ1n) is 5.09. The molecule has 6 N–H and O–H groups in total.